The van der Waals surface area contributed by atoms with Crippen LogP contribution in [0.25, 0.3) is 11.0 Å². The first-order valence-corrected chi connectivity index (χ1v) is 4.78. The van der Waals surface area contributed by atoms with E-state index < -0.39 is 5.97 Å². The topological polar surface area (TPSA) is 50.4 Å². The second kappa shape index (κ2) is 3.42. The molecule has 0 aliphatic carbocycles. The summed E-state index contributed by atoms with van der Waals surface area (Å²) in [5.74, 6) is -0.366. The van der Waals surface area contributed by atoms with Gasteiger partial charge in [0.25, 0.3) is 0 Å². The lowest BCUT2D eigenvalue weighted by Crippen LogP contribution is -1.97. The summed E-state index contributed by atoms with van der Waals surface area (Å²) in [5, 5.41) is 9.62. The zero-order chi connectivity index (χ0) is 11.0. The highest BCUT2D eigenvalue weighted by Crippen LogP contribution is 2.25. The third-order valence-corrected chi connectivity index (χ3v) is 2.58. The van der Waals surface area contributed by atoms with E-state index in [0.29, 0.717) is 5.76 Å². The molecule has 1 aromatic carbocycles. The lowest BCUT2D eigenvalue weighted by molar-refractivity contribution is -0.136. The van der Waals surface area contributed by atoms with E-state index in [4.69, 9.17) is 9.52 Å². The van der Waals surface area contributed by atoms with Gasteiger partial charge in [-0.1, -0.05) is 12.1 Å². The summed E-state index contributed by atoms with van der Waals surface area (Å²) in [6, 6.07) is 5.75. The lowest BCUT2D eigenvalue weighted by Gasteiger charge is -1.98. The molecule has 15 heavy (non-hydrogen) atoms. The van der Waals surface area contributed by atoms with E-state index in [2.05, 4.69) is 0 Å². The summed E-state index contributed by atoms with van der Waals surface area (Å²) in [4.78, 5) is 10.5. The molecule has 2 aromatic rings. The van der Waals surface area contributed by atoms with Crippen molar-refractivity contribution in [3.63, 3.8) is 0 Å². The maximum Gasteiger partial charge on any atom is 0.311 e. The van der Waals surface area contributed by atoms with Crippen LogP contribution in [0, 0.1) is 13.8 Å². The van der Waals surface area contributed by atoms with Crippen LogP contribution in [-0.2, 0) is 11.2 Å². The summed E-state index contributed by atoms with van der Waals surface area (Å²) >= 11 is 0. The van der Waals surface area contributed by atoms with Crippen LogP contribution in [0.1, 0.15) is 16.9 Å². The molecule has 0 atom stereocenters. The number of fused-ring (bicyclic) bond motifs is 1. The number of carboxylic acids is 1. The fourth-order valence-corrected chi connectivity index (χ4v) is 1.63. The molecule has 2 rings (SSSR count). The molecule has 0 spiro atoms. The van der Waals surface area contributed by atoms with Crippen LogP contribution in [0.5, 0.6) is 0 Å². The summed E-state index contributed by atoms with van der Waals surface area (Å²) in [6.45, 7) is 3.99. The Bertz CT molecular complexity index is 523. The summed E-state index contributed by atoms with van der Waals surface area (Å²) in [5.41, 5.74) is 3.02. The third kappa shape index (κ3) is 1.73. The third-order valence-electron chi connectivity index (χ3n) is 2.58. The maximum absolute atomic E-state index is 10.5. The van der Waals surface area contributed by atoms with E-state index >= 15 is 0 Å². The molecular formula is C12H12O3. The number of furan rings is 1. The van der Waals surface area contributed by atoms with Crippen molar-refractivity contribution in [2.24, 2.45) is 0 Å². The first-order chi connectivity index (χ1) is 7.08. The Morgan fingerprint density at radius 2 is 2.13 bits per heavy atom. The predicted molar refractivity (Wildman–Crippen MR) is 57.0 cm³/mol. The van der Waals surface area contributed by atoms with Gasteiger partial charge >= 0.3 is 5.97 Å². The SMILES string of the molecule is Cc1ccc2cc(CC(=O)O)oc2c1C. The van der Waals surface area contributed by atoms with Crippen molar-refractivity contribution < 1.29 is 14.3 Å². The Labute approximate surface area is 87.3 Å². The first kappa shape index (κ1) is 9.77. The van der Waals surface area contributed by atoms with Gasteiger partial charge in [0.15, 0.2) is 0 Å². The van der Waals surface area contributed by atoms with Gasteiger partial charge in [0.1, 0.15) is 17.8 Å². The fourth-order valence-electron chi connectivity index (χ4n) is 1.63. The minimum atomic E-state index is -0.872. The van der Waals surface area contributed by atoms with Crippen LogP contribution < -0.4 is 0 Å². The number of carboxylic acid groups (broad SMARTS) is 1. The Morgan fingerprint density at radius 1 is 1.40 bits per heavy atom. The average Bonchev–Trinajstić information content (AvgIpc) is 2.54. The Balaban J connectivity index is 2.56. The van der Waals surface area contributed by atoms with Crippen LogP contribution in [0.3, 0.4) is 0 Å². The summed E-state index contributed by atoms with van der Waals surface area (Å²) < 4.78 is 5.51. The molecule has 0 bridgehead atoms. The van der Waals surface area contributed by atoms with Gasteiger partial charge in [0, 0.05) is 5.39 Å². The first-order valence-electron chi connectivity index (χ1n) is 4.78. The molecule has 0 unspecified atom stereocenters. The van der Waals surface area contributed by atoms with Crippen LogP contribution >= 0.6 is 0 Å². The zero-order valence-corrected chi connectivity index (χ0v) is 8.70. The molecule has 1 aromatic heterocycles. The van der Waals surface area contributed by atoms with E-state index in [9.17, 15) is 4.79 Å². The van der Waals surface area contributed by atoms with Gasteiger partial charge in [-0.05, 0) is 31.0 Å². The Morgan fingerprint density at radius 3 is 2.80 bits per heavy atom. The molecule has 0 saturated heterocycles. The Kier molecular flexibility index (Phi) is 2.23. The Hall–Kier alpha value is -1.77. The number of benzene rings is 1. The van der Waals surface area contributed by atoms with Crippen molar-refractivity contribution in [1.29, 1.82) is 0 Å². The van der Waals surface area contributed by atoms with E-state index in [1.807, 2.05) is 26.0 Å². The summed E-state index contributed by atoms with van der Waals surface area (Å²) in [7, 11) is 0. The zero-order valence-electron chi connectivity index (χ0n) is 8.70. The highest BCUT2D eigenvalue weighted by molar-refractivity contribution is 5.83. The van der Waals surface area contributed by atoms with Crippen LogP contribution in [0.4, 0.5) is 0 Å². The van der Waals surface area contributed by atoms with Crippen molar-refractivity contribution in [2.45, 2.75) is 20.3 Å². The van der Waals surface area contributed by atoms with Gasteiger partial charge in [-0.25, -0.2) is 0 Å². The number of carbonyl (C=O) groups is 1. The second-order valence-electron chi connectivity index (χ2n) is 3.71. The molecule has 0 fully saturated rings. The second-order valence-corrected chi connectivity index (χ2v) is 3.71. The molecular weight excluding hydrogens is 192 g/mol. The predicted octanol–water partition coefficient (Wildman–Crippen LogP) is 2.68. The minimum absolute atomic E-state index is 0.0623. The number of hydrogen-bond acceptors (Lipinski definition) is 2. The maximum atomic E-state index is 10.5. The molecule has 1 heterocycles. The van der Waals surface area contributed by atoms with E-state index in [1.54, 1.807) is 6.07 Å². The standard InChI is InChI=1S/C12H12O3/c1-7-3-4-9-5-10(6-11(13)14)15-12(9)8(7)2/h3-5H,6H2,1-2H3,(H,13,14). The molecule has 0 saturated carbocycles. The number of aliphatic carboxylic acids is 1. The van der Waals surface area contributed by atoms with Gasteiger partial charge in [-0.2, -0.15) is 0 Å². The summed E-state index contributed by atoms with van der Waals surface area (Å²) in [6.07, 6.45) is -0.0623. The lowest BCUT2D eigenvalue weighted by atomic mass is 10.1. The molecule has 0 aliphatic heterocycles. The van der Waals surface area contributed by atoms with Gasteiger partial charge in [-0.3, -0.25) is 4.79 Å². The van der Waals surface area contributed by atoms with Crippen LogP contribution in [-0.4, -0.2) is 11.1 Å². The molecule has 3 nitrogen and oxygen atoms in total. The van der Waals surface area contributed by atoms with Crippen molar-refractivity contribution in [3.8, 4) is 0 Å². The molecule has 0 radical (unpaired) electrons. The van der Waals surface area contributed by atoms with Gasteiger partial charge in [0.2, 0.25) is 0 Å². The van der Waals surface area contributed by atoms with Crippen molar-refractivity contribution in [3.05, 3.63) is 35.1 Å². The fraction of sp³-hybridized carbons (Fsp3) is 0.250. The minimum Gasteiger partial charge on any atom is -0.481 e. The molecule has 78 valence electrons. The van der Waals surface area contributed by atoms with Crippen LogP contribution in [0.15, 0.2) is 22.6 Å². The smallest absolute Gasteiger partial charge is 0.311 e. The molecule has 3 heteroatoms. The monoisotopic (exact) mass is 204 g/mol. The molecule has 0 amide bonds. The van der Waals surface area contributed by atoms with E-state index in [0.717, 1.165) is 22.1 Å². The van der Waals surface area contributed by atoms with Gasteiger partial charge < -0.3 is 9.52 Å². The number of hydrogen-bond donors (Lipinski definition) is 1. The average molecular weight is 204 g/mol. The van der Waals surface area contributed by atoms with Gasteiger partial charge in [-0.15, -0.1) is 0 Å². The van der Waals surface area contributed by atoms with Crippen molar-refractivity contribution in [2.75, 3.05) is 0 Å². The largest absolute Gasteiger partial charge is 0.481 e. The number of rotatable bonds is 2. The normalized spacial score (nSPS) is 10.8. The van der Waals surface area contributed by atoms with Crippen molar-refractivity contribution in [1.82, 2.24) is 0 Å². The van der Waals surface area contributed by atoms with Crippen LogP contribution in [0.2, 0.25) is 0 Å². The molecule has 1 N–H and O–H groups in total. The highest BCUT2D eigenvalue weighted by Gasteiger charge is 2.09. The van der Waals surface area contributed by atoms with E-state index in [-0.39, 0.29) is 6.42 Å². The molecule has 0 aliphatic rings. The highest BCUT2D eigenvalue weighted by atomic mass is 16.4. The van der Waals surface area contributed by atoms with E-state index in [1.165, 1.54) is 0 Å². The number of aryl methyl sites for hydroxylation is 2. The quantitative estimate of drug-likeness (QED) is 0.818. The van der Waals surface area contributed by atoms with Crippen molar-refractivity contribution >= 4 is 16.9 Å². The van der Waals surface area contributed by atoms with Gasteiger partial charge in [0.05, 0.1) is 0 Å².